The number of rotatable bonds is 0. The molecular formula is C8H20N2. The molecule has 2 nitrogen and oxygen atoms in total. The molecule has 0 aromatic rings. The van der Waals surface area contributed by atoms with Gasteiger partial charge in [-0.2, -0.15) is 0 Å². The molecule has 0 amide bonds. The summed E-state index contributed by atoms with van der Waals surface area (Å²) < 4.78 is 0. The molecular weight excluding hydrogens is 124 g/mol. The van der Waals surface area contributed by atoms with Crippen LogP contribution in [0.15, 0.2) is 0 Å². The van der Waals surface area contributed by atoms with Crippen LogP contribution in [0.2, 0.25) is 0 Å². The van der Waals surface area contributed by atoms with E-state index >= 15 is 0 Å². The van der Waals surface area contributed by atoms with Gasteiger partial charge in [0.05, 0.1) is 0 Å². The first-order chi connectivity index (χ1) is 4.79. The maximum atomic E-state index is 3.42. The van der Waals surface area contributed by atoms with Crippen LogP contribution in [0.25, 0.3) is 0 Å². The molecule has 1 fully saturated rings. The van der Waals surface area contributed by atoms with Gasteiger partial charge in [-0.25, -0.2) is 0 Å². The molecule has 0 aromatic carbocycles. The highest BCUT2D eigenvalue weighted by Crippen LogP contribution is 1.90. The minimum atomic E-state index is 0.652. The van der Waals surface area contributed by atoms with Crippen molar-refractivity contribution in [2.24, 2.45) is 0 Å². The largest absolute Gasteiger partial charge is 0.314 e. The Bertz CT molecular complexity index is 65.7. The van der Waals surface area contributed by atoms with Gasteiger partial charge in [-0.15, -0.1) is 0 Å². The van der Waals surface area contributed by atoms with Crippen LogP contribution in [0.5, 0.6) is 0 Å². The molecule has 10 heavy (non-hydrogen) atoms. The Balaban J connectivity index is 0.000000371. The monoisotopic (exact) mass is 144 g/mol. The van der Waals surface area contributed by atoms with Crippen molar-refractivity contribution < 1.29 is 0 Å². The van der Waals surface area contributed by atoms with Crippen molar-refractivity contribution >= 4 is 0 Å². The van der Waals surface area contributed by atoms with E-state index in [0.29, 0.717) is 12.1 Å². The molecule has 0 aromatic heterocycles. The summed E-state index contributed by atoms with van der Waals surface area (Å²) in [5.41, 5.74) is 0. The van der Waals surface area contributed by atoms with Crippen LogP contribution in [0, 0.1) is 0 Å². The number of hydrogen-bond donors (Lipinski definition) is 2. The van der Waals surface area contributed by atoms with Crippen molar-refractivity contribution in [2.45, 2.75) is 39.8 Å². The van der Waals surface area contributed by atoms with Crippen molar-refractivity contribution in [3.05, 3.63) is 0 Å². The molecule has 0 bridgehead atoms. The second kappa shape index (κ2) is 5.69. The second-order valence-electron chi connectivity index (χ2n) is 2.63. The average Bonchev–Trinajstić information content (AvgIpc) is 1.91. The van der Waals surface area contributed by atoms with E-state index in [1.165, 1.54) is 0 Å². The van der Waals surface area contributed by atoms with Crippen molar-refractivity contribution in [3.63, 3.8) is 0 Å². The molecule has 1 aliphatic rings. The lowest BCUT2D eigenvalue weighted by Crippen LogP contribution is -2.52. The Morgan fingerprint density at radius 3 is 1.60 bits per heavy atom. The van der Waals surface area contributed by atoms with Crippen LogP contribution in [-0.2, 0) is 0 Å². The zero-order valence-electron chi connectivity index (χ0n) is 7.57. The molecule has 2 unspecified atom stereocenters. The third kappa shape index (κ3) is 3.85. The Hall–Kier alpha value is -0.0800. The minimum absolute atomic E-state index is 0.652. The van der Waals surface area contributed by atoms with Gasteiger partial charge in [0.1, 0.15) is 0 Å². The van der Waals surface area contributed by atoms with E-state index in [0.717, 1.165) is 13.1 Å². The summed E-state index contributed by atoms with van der Waals surface area (Å²) in [5.74, 6) is 0. The molecule has 1 heterocycles. The Kier molecular flexibility index (Phi) is 5.64. The highest BCUT2D eigenvalue weighted by atomic mass is 15.1. The zero-order valence-corrected chi connectivity index (χ0v) is 7.57. The molecule has 62 valence electrons. The quantitative estimate of drug-likeness (QED) is 0.529. The van der Waals surface area contributed by atoms with E-state index in [4.69, 9.17) is 0 Å². The molecule has 1 saturated heterocycles. The standard InChI is InChI=1S/C6H14N2.C2H6/c1-5-3-7-4-6(2)8-5;1-2/h5-8H,3-4H2,1-2H3;1-2H3. The third-order valence-electron chi connectivity index (χ3n) is 1.47. The molecule has 0 radical (unpaired) electrons. The predicted molar refractivity (Wildman–Crippen MR) is 46.3 cm³/mol. The first-order valence-electron chi connectivity index (χ1n) is 4.26. The SMILES string of the molecule is CC.CC1CNCC(C)N1. The van der Waals surface area contributed by atoms with Gasteiger partial charge in [0, 0.05) is 25.2 Å². The van der Waals surface area contributed by atoms with E-state index in [2.05, 4.69) is 24.5 Å². The normalized spacial score (nSPS) is 32.4. The molecule has 2 atom stereocenters. The number of piperazine rings is 1. The van der Waals surface area contributed by atoms with Gasteiger partial charge in [-0.05, 0) is 13.8 Å². The smallest absolute Gasteiger partial charge is 0.0167 e. The van der Waals surface area contributed by atoms with Crippen molar-refractivity contribution in [1.29, 1.82) is 0 Å². The molecule has 0 aliphatic carbocycles. The lowest BCUT2D eigenvalue weighted by atomic mass is 10.2. The molecule has 0 spiro atoms. The van der Waals surface area contributed by atoms with E-state index in [1.807, 2.05) is 13.8 Å². The molecule has 0 saturated carbocycles. The lowest BCUT2D eigenvalue weighted by Gasteiger charge is -2.26. The van der Waals surface area contributed by atoms with E-state index in [-0.39, 0.29) is 0 Å². The second-order valence-corrected chi connectivity index (χ2v) is 2.63. The summed E-state index contributed by atoms with van der Waals surface area (Å²) in [6.07, 6.45) is 0. The lowest BCUT2D eigenvalue weighted by molar-refractivity contribution is 0.370. The van der Waals surface area contributed by atoms with Crippen molar-refractivity contribution in [3.8, 4) is 0 Å². The van der Waals surface area contributed by atoms with E-state index < -0.39 is 0 Å². The number of hydrogen-bond acceptors (Lipinski definition) is 2. The summed E-state index contributed by atoms with van der Waals surface area (Å²) in [6.45, 7) is 10.6. The van der Waals surface area contributed by atoms with Crippen LogP contribution in [0.3, 0.4) is 0 Å². The fourth-order valence-electron chi connectivity index (χ4n) is 1.12. The molecule has 1 rings (SSSR count). The van der Waals surface area contributed by atoms with E-state index in [9.17, 15) is 0 Å². The van der Waals surface area contributed by atoms with Gasteiger partial charge in [-0.3, -0.25) is 0 Å². The summed E-state index contributed by atoms with van der Waals surface area (Å²) in [7, 11) is 0. The van der Waals surface area contributed by atoms with Gasteiger partial charge in [0.2, 0.25) is 0 Å². The van der Waals surface area contributed by atoms with Crippen LogP contribution in [0.1, 0.15) is 27.7 Å². The summed E-state index contributed by atoms with van der Waals surface area (Å²) in [6, 6.07) is 1.30. The molecule has 1 aliphatic heterocycles. The highest BCUT2D eigenvalue weighted by molar-refractivity contribution is 4.76. The summed E-state index contributed by atoms with van der Waals surface area (Å²) >= 11 is 0. The first-order valence-corrected chi connectivity index (χ1v) is 4.26. The average molecular weight is 144 g/mol. The highest BCUT2D eigenvalue weighted by Gasteiger charge is 2.11. The first kappa shape index (κ1) is 9.92. The minimum Gasteiger partial charge on any atom is -0.314 e. The van der Waals surface area contributed by atoms with Gasteiger partial charge in [0.25, 0.3) is 0 Å². The fourth-order valence-corrected chi connectivity index (χ4v) is 1.12. The van der Waals surface area contributed by atoms with Crippen LogP contribution < -0.4 is 10.6 Å². The van der Waals surface area contributed by atoms with Gasteiger partial charge in [0.15, 0.2) is 0 Å². The predicted octanol–water partition coefficient (Wildman–Crippen LogP) is 0.982. The maximum absolute atomic E-state index is 3.42. The van der Waals surface area contributed by atoms with E-state index in [1.54, 1.807) is 0 Å². The summed E-state index contributed by atoms with van der Waals surface area (Å²) in [5, 5.41) is 6.74. The topological polar surface area (TPSA) is 24.1 Å². The molecule has 2 heteroatoms. The van der Waals surface area contributed by atoms with Crippen molar-refractivity contribution in [2.75, 3.05) is 13.1 Å². The number of nitrogens with one attached hydrogen (secondary N) is 2. The Labute approximate surface area is 64.4 Å². The third-order valence-corrected chi connectivity index (χ3v) is 1.47. The summed E-state index contributed by atoms with van der Waals surface area (Å²) in [4.78, 5) is 0. The fraction of sp³-hybridized carbons (Fsp3) is 1.00. The van der Waals surface area contributed by atoms with Crippen LogP contribution >= 0.6 is 0 Å². The van der Waals surface area contributed by atoms with Crippen LogP contribution in [-0.4, -0.2) is 25.2 Å². The Morgan fingerprint density at radius 2 is 1.40 bits per heavy atom. The van der Waals surface area contributed by atoms with Gasteiger partial charge >= 0.3 is 0 Å². The van der Waals surface area contributed by atoms with Gasteiger partial charge in [-0.1, -0.05) is 13.8 Å². The van der Waals surface area contributed by atoms with Gasteiger partial charge < -0.3 is 10.6 Å². The van der Waals surface area contributed by atoms with Crippen molar-refractivity contribution in [1.82, 2.24) is 10.6 Å². The van der Waals surface area contributed by atoms with Crippen LogP contribution in [0.4, 0.5) is 0 Å². The maximum Gasteiger partial charge on any atom is 0.0167 e. The molecule has 2 N–H and O–H groups in total. The zero-order chi connectivity index (χ0) is 7.98. The Morgan fingerprint density at radius 1 is 1.00 bits per heavy atom.